The molecule has 0 bridgehead atoms. The third-order valence-electron chi connectivity index (χ3n) is 2.59. The molecule has 15 heavy (non-hydrogen) atoms. The minimum absolute atomic E-state index is 0.0945. The molecule has 0 aliphatic rings. The molecule has 0 atom stereocenters. The van der Waals surface area contributed by atoms with Crippen LogP contribution in [0.4, 0.5) is 0 Å². The van der Waals surface area contributed by atoms with Crippen LogP contribution in [0, 0.1) is 0 Å². The standard InChI is InChI=1S/C10H17NO2S2/c1-4-9(5-2)11(3)15(12,13)10-7-6-8-14-10/h6-9H,4-5H2,1-3H3. The second-order valence-electron chi connectivity index (χ2n) is 3.42. The SMILES string of the molecule is CCC(CC)N(C)S(=O)(=O)c1cccs1. The van der Waals surface area contributed by atoms with E-state index in [0.29, 0.717) is 4.21 Å². The van der Waals surface area contributed by atoms with Crippen LogP contribution < -0.4 is 0 Å². The number of hydrogen-bond donors (Lipinski definition) is 0. The minimum atomic E-state index is -3.27. The van der Waals surface area contributed by atoms with Crippen molar-refractivity contribution < 1.29 is 8.42 Å². The van der Waals surface area contributed by atoms with Crippen LogP contribution in [-0.4, -0.2) is 25.8 Å². The average molecular weight is 247 g/mol. The van der Waals surface area contributed by atoms with Gasteiger partial charge in [0, 0.05) is 13.1 Å². The molecule has 0 aliphatic carbocycles. The summed E-state index contributed by atoms with van der Waals surface area (Å²) in [4.78, 5) is 0. The molecular weight excluding hydrogens is 230 g/mol. The molecule has 0 saturated heterocycles. The molecule has 0 radical (unpaired) electrons. The number of sulfonamides is 1. The molecule has 1 heterocycles. The largest absolute Gasteiger partial charge is 0.252 e. The zero-order chi connectivity index (χ0) is 11.5. The highest BCUT2D eigenvalue weighted by Gasteiger charge is 2.26. The lowest BCUT2D eigenvalue weighted by Gasteiger charge is -2.24. The van der Waals surface area contributed by atoms with Crippen molar-refractivity contribution in [1.82, 2.24) is 4.31 Å². The fraction of sp³-hybridized carbons (Fsp3) is 0.600. The van der Waals surface area contributed by atoms with E-state index < -0.39 is 10.0 Å². The van der Waals surface area contributed by atoms with Crippen molar-refractivity contribution in [2.45, 2.75) is 36.9 Å². The summed E-state index contributed by atoms with van der Waals surface area (Å²) in [5, 5.41) is 1.79. The zero-order valence-electron chi connectivity index (χ0n) is 9.30. The highest BCUT2D eigenvalue weighted by Crippen LogP contribution is 2.23. The molecule has 0 N–H and O–H groups in total. The van der Waals surface area contributed by atoms with Gasteiger partial charge in [0.05, 0.1) is 0 Å². The topological polar surface area (TPSA) is 37.4 Å². The van der Waals surface area contributed by atoms with E-state index in [2.05, 4.69) is 0 Å². The van der Waals surface area contributed by atoms with E-state index in [1.54, 1.807) is 24.6 Å². The van der Waals surface area contributed by atoms with Gasteiger partial charge in [-0.3, -0.25) is 0 Å². The van der Waals surface area contributed by atoms with Gasteiger partial charge in [-0.1, -0.05) is 19.9 Å². The molecule has 0 fully saturated rings. The third kappa shape index (κ3) is 2.59. The first-order chi connectivity index (χ1) is 7.04. The predicted octanol–water partition coefficient (Wildman–Crippen LogP) is 2.56. The van der Waals surface area contributed by atoms with Gasteiger partial charge in [-0.15, -0.1) is 11.3 Å². The van der Waals surface area contributed by atoms with Crippen molar-refractivity contribution >= 4 is 21.4 Å². The highest BCUT2D eigenvalue weighted by molar-refractivity contribution is 7.91. The maximum absolute atomic E-state index is 12.1. The van der Waals surface area contributed by atoms with Gasteiger partial charge in [-0.05, 0) is 24.3 Å². The van der Waals surface area contributed by atoms with E-state index >= 15 is 0 Å². The smallest absolute Gasteiger partial charge is 0.206 e. The van der Waals surface area contributed by atoms with Crippen LogP contribution in [-0.2, 0) is 10.0 Å². The number of thiophene rings is 1. The Morgan fingerprint density at radius 2 is 2.00 bits per heavy atom. The summed E-state index contributed by atoms with van der Waals surface area (Å²) < 4.78 is 26.1. The first-order valence-corrected chi connectivity index (χ1v) is 7.37. The van der Waals surface area contributed by atoms with Crippen LogP contribution in [0.5, 0.6) is 0 Å². The van der Waals surface area contributed by atoms with Crippen LogP contribution in [0.1, 0.15) is 26.7 Å². The Bertz CT molecular complexity index is 380. The minimum Gasteiger partial charge on any atom is -0.206 e. The summed E-state index contributed by atoms with van der Waals surface area (Å²) in [7, 11) is -1.61. The summed E-state index contributed by atoms with van der Waals surface area (Å²) in [5.74, 6) is 0. The lowest BCUT2D eigenvalue weighted by atomic mass is 10.2. The maximum Gasteiger partial charge on any atom is 0.252 e. The van der Waals surface area contributed by atoms with Crippen LogP contribution in [0.25, 0.3) is 0 Å². The van der Waals surface area contributed by atoms with E-state index in [9.17, 15) is 8.42 Å². The van der Waals surface area contributed by atoms with E-state index in [1.165, 1.54) is 15.6 Å². The summed E-state index contributed by atoms with van der Waals surface area (Å²) in [6.07, 6.45) is 1.69. The van der Waals surface area contributed by atoms with Gasteiger partial charge in [-0.2, -0.15) is 4.31 Å². The quantitative estimate of drug-likeness (QED) is 0.802. The summed E-state index contributed by atoms with van der Waals surface area (Å²) in [6, 6.07) is 3.51. The number of nitrogens with zero attached hydrogens (tertiary/aromatic N) is 1. The highest BCUT2D eigenvalue weighted by atomic mass is 32.2. The molecule has 0 amide bonds. The Hall–Kier alpha value is -0.390. The molecule has 3 nitrogen and oxygen atoms in total. The maximum atomic E-state index is 12.1. The van der Waals surface area contributed by atoms with Gasteiger partial charge < -0.3 is 0 Å². The Morgan fingerprint density at radius 1 is 1.40 bits per heavy atom. The molecule has 0 saturated carbocycles. The van der Waals surface area contributed by atoms with Crippen LogP contribution >= 0.6 is 11.3 Å². The second-order valence-corrected chi connectivity index (χ2v) is 6.60. The third-order valence-corrected chi connectivity index (χ3v) is 5.87. The van der Waals surface area contributed by atoms with E-state index in [-0.39, 0.29) is 6.04 Å². The number of hydrogen-bond acceptors (Lipinski definition) is 3. The van der Waals surface area contributed by atoms with Crippen LogP contribution in [0.2, 0.25) is 0 Å². The van der Waals surface area contributed by atoms with Gasteiger partial charge in [0.15, 0.2) is 0 Å². The molecule has 86 valence electrons. The molecule has 0 unspecified atom stereocenters. The van der Waals surface area contributed by atoms with E-state index in [4.69, 9.17) is 0 Å². The first-order valence-electron chi connectivity index (χ1n) is 5.05. The summed E-state index contributed by atoms with van der Waals surface area (Å²) in [6.45, 7) is 4.02. The molecular formula is C10H17NO2S2. The molecule has 1 aromatic rings. The van der Waals surface area contributed by atoms with Gasteiger partial charge in [0.2, 0.25) is 0 Å². The van der Waals surface area contributed by atoms with Crippen LogP contribution in [0.3, 0.4) is 0 Å². The van der Waals surface area contributed by atoms with Crippen molar-refractivity contribution in [3.05, 3.63) is 17.5 Å². The van der Waals surface area contributed by atoms with Gasteiger partial charge >= 0.3 is 0 Å². The fourth-order valence-corrected chi connectivity index (χ4v) is 4.23. The second kappa shape index (κ2) is 5.09. The molecule has 1 aromatic heterocycles. The predicted molar refractivity (Wildman–Crippen MR) is 63.6 cm³/mol. The van der Waals surface area contributed by atoms with E-state index in [1.807, 2.05) is 13.8 Å². The van der Waals surface area contributed by atoms with Gasteiger partial charge in [0.25, 0.3) is 10.0 Å². The number of rotatable bonds is 5. The molecule has 0 aliphatic heterocycles. The Balaban J connectivity index is 2.97. The monoisotopic (exact) mass is 247 g/mol. The molecule has 5 heteroatoms. The van der Waals surface area contributed by atoms with Crippen LogP contribution in [0.15, 0.2) is 21.7 Å². The first kappa shape index (κ1) is 12.7. The average Bonchev–Trinajstić information content (AvgIpc) is 2.72. The summed E-state index contributed by atoms with van der Waals surface area (Å²) in [5.41, 5.74) is 0. The molecule has 1 rings (SSSR count). The molecule has 0 aromatic carbocycles. The summed E-state index contributed by atoms with van der Waals surface area (Å²) >= 11 is 1.27. The zero-order valence-corrected chi connectivity index (χ0v) is 10.9. The van der Waals surface area contributed by atoms with Crippen molar-refractivity contribution in [3.8, 4) is 0 Å². The van der Waals surface area contributed by atoms with Gasteiger partial charge in [-0.25, -0.2) is 8.42 Å². The Labute approximate surface area is 95.8 Å². The lowest BCUT2D eigenvalue weighted by molar-refractivity contribution is 0.350. The van der Waals surface area contributed by atoms with Gasteiger partial charge in [0.1, 0.15) is 4.21 Å². The van der Waals surface area contributed by atoms with Crippen molar-refractivity contribution in [2.75, 3.05) is 7.05 Å². The normalized spacial score (nSPS) is 12.6. The van der Waals surface area contributed by atoms with Crippen molar-refractivity contribution in [1.29, 1.82) is 0 Å². The fourth-order valence-electron chi connectivity index (χ4n) is 1.55. The molecule has 0 spiro atoms. The van der Waals surface area contributed by atoms with E-state index in [0.717, 1.165) is 12.8 Å². The lowest BCUT2D eigenvalue weighted by Crippen LogP contribution is -2.35. The Kier molecular flexibility index (Phi) is 4.31. The van der Waals surface area contributed by atoms with Crippen molar-refractivity contribution in [2.24, 2.45) is 0 Å². The Morgan fingerprint density at radius 3 is 2.40 bits per heavy atom. The van der Waals surface area contributed by atoms with Crippen molar-refractivity contribution in [3.63, 3.8) is 0 Å².